The van der Waals surface area contributed by atoms with Gasteiger partial charge in [-0.25, -0.2) is 22.4 Å². The Balaban J connectivity index is 2.66. The lowest BCUT2D eigenvalue weighted by molar-refractivity contribution is -0.170. The number of halogens is 8. The number of amides is 1. The van der Waals surface area contributed by atoms with E-state index in [1.54, 1.807) is 0 Å². The zero-order chi connectivity index (χ0) is 25.8. The number of thioether (sulfide) groups is 1. The molecule has 0 heterocycles. The Kier molecular flexibility index (Phi) is 9.23. The number of carbonyl (C=O) groups is 2. The molecule has 2 aromatic rings. The molecule has 13 heteroatoms. The molecule has 0 saturated heterocycles. The third-order valence-corrected chi connectivity index (χ3v) is 5.89. The maximum absolute atomic E-state index is 14.7. The minimum Gasteiger partial charge on any atom is -0.462 e. The van der Waals surface area contributed by atoms with E-state index < -0.39 is 57.9 Å². The van der Waals surface area contributed by atoms with Gasteiger partial charge < -0.3 is 4.74 Å². The number of aryl methyl sites for hydroxylation is 1. The Morgan fingerprint density at radius 2 is 1.82 bits per heavy atom. The van der Waals surface area contributed by atoms with Crippen LogP contribution in [0.3, 0.4) is 0 Å². The largest absolute Gasteiger partial charge is 0.471 e. The minimum atomic E-state index is -5.47. The van der Waals surface area contributed by atoms with Crippen LogP contribution in [-0.4, -0.2) is 36.6 Å². The van der Waals surface area contributed by atoms with Crippen LogP contribution >= 0.6 is 23.4 Å². The van der Waals surface area contributed by atoms with Crippen molar-refractivity contribution in [2.24, 2.45) is 0 Å². The predicted octanol–water partition coefficient (Wildman–Crippen LogP) is 6.71. The molecule has 0 aliphatic rings. The number of hydrogen-bond donors (Lipinski definition) is 0. The number of anilines is 1. The van der Waals surface area contributed by atoms with Crippen molar-refractivity contribution >= 4 is 40.9 Å². The highest BCUT2D eigenvalue weighted by atomic mass is 35.5. The lowest BCUT2D eigenvalue weighted by Gasteiger charge is -2.27. The number of rotatable bonds is 8. The van der Waals surface area contributed by atoms with Crippen LogP contribution in [0.2, 0.25) is 5.02 Å². The third-order valence-electron chi connectivity index (χ3n) is 4.44. The molecule has 0 aliphatic heterocycles. The van der Waals surface area contributed by atoms with E-state index in [2.05, 4.69) is 0 Å². The van der Waals surface area contributed by atoms with Gasteiger partial charge in [-0.3, -0.25) is 9.69 Å². The summed E-state index contributed by atoms with van der Waals surface area (Å²) in [5.41, 5.74) is -3.75. The van der Waals surface area contributed by atoms with E-state index in [4.69, 9.17) is 16.3 Å². The second kappa shape index (κ2) is 11.3. The summed E-state index contributed by atoms with van der Waals surface area (Å²) in [4.78, 5) is 24.0. The van der Waals surface area contributed by atoms with Crippen molar-refractivity contribution < 1.29 is 45.1 Å². The van der Waals surface area contributed by atoms with Crippen LogP contribution in [0, 0.1) is 12.7 Å². The maximum atomic E-state index is 14.7. The lowest BCUT2D eigenvalue weighted by Crippen LogP contribution is -2.41. The molecule has 34 heavy (non-hydrogen) atoms. The van der Waals surface area contributed by atoms with Crippen LogP contribution < -0.4 is 4.90 Å². The van der Waals surface area contributed by atoms with Crippen molar-refractivity contribution in [1.29, 1.82) is 0 Å². The molecular formula is C21H17ClF7NO3S. The molecule has 2 aromatic carbocycles. The molecule has 0 spiro atoms. The summed E-state index contributed by atoms with van der Waals surface area (Å²) in [6.45, 7) is 1.98. The van der Waals surface area contributed by atoms with Gasteiger partial charge in [0.15, 0.2) is 0 Å². The van der Waals surface area contributed by atoms with Crippen molar-refractivity contribution in [2.45, 2.75) is 43.4 Å². The number of ether oxygens (including phenoxy) is 1. The Bertz CT molecular complexity index is 1070. The first-order valence-corrected chi connectivity index (χ1v) is 10.8. The number of hydrogen-bond acceptors (Lipinski definition) is 4. The van der Waals surface area contributed by atoms with Gasteiger partial charge in [0.2, 0.25) is 5.50 Å². The van der Waals surface area contributed by atoms with Crippen molar-refractivity contribution in [2.75, 3.05) is 11.5 Å². The second-order valence-corrected chi connectivity index (χ2v) is 8.28. The second-order valence-electron chi connectivity index (χ2n) is 6.75. The number of esters is 1. The molecule has 0 aliphatic carbocycles. The van der Waals surface area contributed by atoms with Gasteiger partial charge in [0, 0.05) is 4.90 Å². The standard InChI is InChI=1S/C21H17ClF7NO3S/c1-3-33-19(31)11-6-4-5-10(2)12(11)9-30(20(32)21(27,28)29)15-8-16(13(22)7-14(15)23)34-18(26)17(24)25/h4-8,17-18H,3,9H2,1-2H3. The molecule has 0 bridgehead atoms. The highest BCUT2D eigenvalue weighted by Crippen LogP contribution is 2.39. The molecule has 0 fully saturated rings. The maximum Gasteiger partial charge on any atom is 0.471 e. The van der Waals surface area contributed by atoms with Crippen LogP contribution in [0.25, 0.3) is 0 Å². The number of alkyl halides is 6. The van der Waals surface area contributed by atoms with Crippen LogP contribution in [0.1, 0.15) is 28.4 Å². The first kappa shape index (κ1) is 27.8. The van der Waals surface area contributed by atoms with Gasteiger partial charge in [0.05, 0.1) is 29.4 Å². The van der Waals surface area contributed by atoms with E-state index in [0.29, 0.717) is 12.1 Å². The van der Waals surface area contributed by atoms with Gasteiger partial charge in [0.25, 0.3) is 6.43 Å². The smallest absolute Gasteiger partial charge is 0.462 e. The molecule has 186 valence electrons. The lowest BCUT2D eigenvalue weighted by atomic mass is 10.0. The summed E-state index contributed by atoms with van der Waals surface area (Å²) < 4.78 is 98.6. The Labute approximate surface area is 199 Å². The molecule has 1 unspecified atom stereocenters. The average Bonchev–Trinajstić information content (AvgIpc) is 2.73. The highest BCUT2D eigenvalue weighted by molar-refractivity contribution is 8.00. The van der Waals surface area contributed by atoms with Gasteiger partial charge in [-0.2, -0.15) is 13.2 Å². The van der Waals surface area contributed by atoms with Crippen molar-refractivity contribution in [3.63, 3.8) is 0 Å². The van der Waals surface area contributed by atoms with Crippen molar-refractivity contribution in [3.05, 3.63) is 57.9 Å². The quantitative estimate of drug-likeness (QED) is 0.216. The van der Waals surface area contributed by atoms with E-state index in [9.17, 15) is 40.3 Å². The monoisotopic (exact) mass is 531 g/mol. The van der Waals surface area contributed by atoms with Crippen LogP contribution in [0.4, 0.5) is 36.4 Å². The molecular weight excluding hydrogens is 515 g/mol. The van der Waals surface area contributed by atoms with E-state index in [1.807, 2.05) is 0 Å². The zero-order valence-electron chi connectivity index (χ0n) is 17.6. The topological polar surface area (TPSA) is 46.6 Å². The summed E-state index contributed by atoms with van der Waals surface area (Å²) in [7, 11) is 0. The normalized spacial score (nSPS) is 12.6. The SMILES string of the molecule is CCOC(=O)c1cccc(C)c1CN(C(=O)C(F)(F)F)c1cc(SC(F)C(F)F)c(Cl)cc1F. The molecule has 4 nitrogen and oxygen atoms in total. The van der Waals surface area contributed by atoms with Crippen molar-refractivity contribution in [3.8, 4) is 0 Å². The van der Waals surface area contributed by atoms with Crippen LogP contribution in [0.15, 0.2) is 35.2 Å². The summed E-state index contributed by atoms with van der Waals surface area (Å²) >= 11 is 5.61. The summed E-state index contributed by atoms with van der Waals surface area (Å²) in [5.74, 6) is -4.79. The molecule has 1 atom stereocenters. The van der Waals surface area contributed by atoms with Crippen molar-refractivity contribution in [1.82, 2.24) is 0 Å². The van der Waals surface area contributed by atoms with E-state index >= 15 is 0 Å². The number of nitrogens with zero attached hydrogens (tertiary/aromatic N) is 1. The minimum absolute atomic E-state index is 0.0175. The van der Waals surface area contributed by atoms with Gasteiger partial charge in [-0.15, -0.1) is 0 Å². The fourth-order valence-electron chi connectivity index (χ4n) is 2.88. The average molecular weight is 532 g/mol. The van der Waals surface area contributed by atoms with Crippen LogP contribution in [-0.2, 0) is 16.1 Å². The highest BCUT2D eigenvalue weighted by Gasteiger charge is 2.44. The van der Waals surface area contributed by atoms with Gasteiger partial charge in [-0.05, 0) is 43.2 Å². The molecule has 0 radical (unpaired) electrons. The van der Waals surface area contributed by atoms with Crippen LogP contribution in [0.5, 0.6) is 0 Å². The van der Waals surface area contributed by atoms with E-state index in [0.717, 1.165) is 0 Å². The van der Waals surface area contributed by atoms with Gasteiger partial charge >= 0.3 is 18.1 Å². The van der Waals surface area contributed by atoms with Gasteiger partial charge in [0.1, 0.15) is 5.82 Å². The summed E-state index contributed by atoms with van der Waals surface area (Å²) in [5, 5.41) is -0.544. The molecule has 0 aromatic heterocycles. The first-order valence-electron chi connectivity index (χ1n) is 9.50. The van der Waals surface area contributed by atoms with E-state index in [1.165, 1.54) is 32.0 Å². The Morgan fingerprint density at radius 3 is 2.38 bits per heavy atom. The Hall–Kier alpha value is -2.47. The fraction of sp³-hybridized carbons (Fsp3) is 0.333. The third kappa shape index (κ3) is 6.56. The summed E-state index contributed by atoms with van der Waals surface area (Å²) in [6, 6.07) is 5.20. The van der Waals surface area contributed by atoms with Gasteiger partial charge in [-0.1, -0.05) is 35.5 Å². The molecule has 1 amide bonds. The number of benzene rings is 2. The first-order chi connectivity index (χ1) is 15.8. The molecule has 2 rings (SSSR count). The predicted molar refractivity (Wildman–Crippen MR) is 113 cm³/mol. The summed E-state index contributed by atoms with van der Waals surface area (Å²) in [6.07, 6.45) is -8.93. The zero-order valence-corrected chi connectivity index (χ0v) is 19.1. The molecule has 0 saturated carbocycles. The molecule has 0 N–H and O–H groups in total. The Morgan fingerprint density at radius 1 is 1.18 bits per heavy atom. The number of carbonyl (C=O) groups excluding carboxylic acids is 2. The fourth-order valence-corrected chi connectivity index (χ4v) is 3.86. The van der Waals surface area contributed by atoms with E-state index in [-0.39, 0.29) is 40.0 Å².